The average Bonchev–Trinajstić information content (AvgIpc) is 2.77. The molecule has 0 aliphatic carbocycles. The summed E-state index contributed by atoms with van der Waals surface area (Å²) in [4.78, 5) is 12.9. The number of aliphatic hydroxyl groups excluding tert-OH is 1. The van der Waals surface area contributed by atoms with Gasteiger partial charge in [0, 0.05) is 25.7 Å². The Morgan fingerprint density at radius 1 is 1.40 bits per heavy atom. The Labute approximate surface area is 116 Å². The van der Waals surface area contributed by atoms with Crippen molar-refractivity contribution in [2.24, 2.45) is 0 Å². The quantitative estimate of drug-likeness (QED) is 0.848. The third-order valence-corrected chi connectivity index (χ3v) is 3.44. The fourth-order valence-corrected chi connectivity index (χ4v) is 2.48. The zero-order chi connectivity index (χ0) is 14.5. The maximum Gasteiger partial charge on any atom is 0.315 e. The number of aliphatic hydroxyl groups is 1. The topological polar surface area (TPSA) is 52.6 Å². The molecule has 110 valence electrons. The van der Waals surface area contributed by atoms with E-state index in [1.165, 1.54) is 0 Å². The summed E-state index contributed by atoms with van der Waals surface area (Å²) in [6.45, 7) is 1.25. The van der Waals surface area contributed by atoms with E-state index in [0.717, 1.165) is 5.56 Å². The molecule has 2 rings (SSSR count). The lowest BCUT2D eigenvalue weighted by Gasteiger charge is -2.24. The minimum absolute atomic E-state index is 0.118. The summed E-state index contributed by atoms with van der Waals surface area (Å²) in [5.74, 6) is -1.26. The minimum Gasteiger partial charge on any atom is -0.392 e. The van der Waals surface area contributed by atoms with E-state index in [1.54, 1.807) is 0 Å². The predicted molar refractivity (Wildman–Crippen MR) is 70.3 cm³/mol. The van der Waals surface area contributed by atoms with Crippen molar-refractivity contribution in [3.8, 4) is 0 Å². The standard InChI is InChI=1S/C14H18F2N2O2/c15-13(16)14(20)17-7-11-6-12(19)9-18(11)8-10-4-2-1-3-5-10/h1-5,11-13,19H,6-9H2,(H,17,20)/t11-,12-/m0/s1. The van der Waals surface area contributed by atoms with Gasteiger partial charge >= 0.3 is 6.43 Å². The Balaban J connectivity index is 1.91. The van der Waals surface area contributed by atoms with Gasteiger partial charge in [-0.1, -0.05) is 30.3 Å². The molecule has 0 saturated carbocycles. The van der Waals surface area contributed by atoms with Crippen molar-refractivity contribution in [1.29, 1.82) is 0 Å². The molecule has 1 aromatic carbocycles. The van der Waals surface area contributed by atoms with Gasteiger partial charge in [-0.05, 0) is 12.0 Å². The number of amides is 1. The van der Waals surface area contributed by atoms with E-state index in [1.807, 2.05) is 35.2 Å². The van der Waals surface area contributed by atoms with Gasteiger partial charge in [0.25, 0.3) is 5.91 Å². The molecule has 4 nitrogen and oxygen atoms in total. The highest BCUT2D eigenvalue weighted by Gasteiger charge is 2.31. The summed E-state index contributed by atoms with van der Waals surface area (Å²) < 4.78 is 24.3. The second kappa shape index (κ2) is 6.76. The average molecular weight is 284 g/mol. The van der Waals surface area contributed by atoms with Gasteiger partial charge in [-0.3, -0.25) is 9.69 Å². The highest BCUT2D eigenvalue weighted by atomic mass is 19.3. The molecular weight excluding hydrogens is 266 g/mol. The number of β-amino-alcohol motifs (C(OH)–C–C–N with tert-alkyl or cyclic N) is 1. The first kappa shape index (κ1) is 14.9. The minimum atomic E-state index is -3.00. The molecule has 0 radical (unpaired) electrons. The number of nitrogens with one attached hydrogen (secondary N) is 1. The number of carbonyl (C=O) groups is 1. The fourth-order valence-electron chi connectivity index (χ4n) is 2.48. The van der Waals surface area contributed by atoms with Crippen molar-refractivity contribution in [1.82, 2.24) is 10.2 Å². The molecule has 2 N–H and O–H groups in total. The van der Waals surface area contributed by atoms with Crippen LogP contribution in [-0.2, 0) is 11.3 Å². The first-order valence-electron chi connectivity index (χ1n) is 6.58. The highest BCUT2D eigenvalue weighted by molar-refractivity contribution is 5.79. The Morgan fingerprint density at radius 2 is 2.10 bits per heavy atom. The van der Waals surface area contributed by atoms with E-state index in [9.17, 15) is 18.7 Å². The van der Waals surface area contributed by atoms with E-state index < -0.39 is 18.4 Å². The molecule has 1 saturated heterocycles. The van der Waals surface area contributed by atoms with Crippen LogP contribution in [0.2, 0.25) is 0 Å². The normalized spacial score (nSPS) is 23.2. The summed E-state index contributed by atoms with van der Waals surface area (Å²) in [6, 6.07) is 9.60. The number of benzene rings is 1. The van der Waals surface area contributed by atoms with Gasteiger partial charge < -0.3 is 10.4 Å². The third kappa shape index (κ3) is 3.98. The van der Waals surface area contributed by atoms with E-state index in [2.05, 4.69) is 5.32 Å². The second-order valence-electron chi connectivity index (χ2n) is 5.00. The molecule has 20 heavy (non-hydrogen) atoms. The lowest BCUT2D eigenvalue weighted by Crippen LogP contribution is -2.41. The highest BCUT2D eigenvalue weighted by Crippen LogP contribution is 2.20. The zero-order valence-corrected chi connectivity index (χ0v) is 11.0. The number of hydrogen-bond donors (Lipinski definition) is 2. The monoisotopic (exact) mass is 284 g/mol. The number of rotatable bonds is 5. The van der Waals surface area contributed by atoms with Crippen LogP contribution in [-0.4, -0.2) is 47.6 Å². The van der Waals surface area contributed by atoms with Crippen LogP contribution in [0, 0.1) is 0 Å². The van der Waals surface area contributed by atoms with Gasteiger partial charge in [-0.25, -0.2) is 0 Å². The Kier molecular flexibility index (Phi) is 5.03. The van der Waals surface area contributed by atoms with Crippen molar-refractivity contribution in [2.75, 3.05) is 13.1 Å². The maximum atomic E-state index is 12.1. The largest absolute Gasteiger partial charge is 0.392 e. The van der Waals surface area contributed by atoms with Crippen molar-refractivity contribution in [3.63, 3.8) is 0 Å². The van der Waals surface area contributed by atoms with Gasteiger partial charge in [0.05, 0.1) is 6.10 Å². The van der Waals surface area contributed by atoms with Crippen LogP contribution >= 0.6 is 0 Å². The number of nitrogens with zero attached hydrogens (tertiary/aromatic N) is 1. The Bertz CT molecular complexity index is 442. The van der Waals surface area contributed by atoms with Crippen LogP contribution in [0.4, 0.5) is 8.78 Å². The summed E-state index contributed by atoms with van der Waals surface area (Å²) in [6.07, 6.45) is -2.99. The van der Waals surface area contributed by atoms with Gasteiger partial charge in [0.15, 0.2) is 0 Å². The lowest BCUT2D eigenvalue weighted by atomic mass is 10.1. The molecule has 1 amide bonds. The van der Waals surface area contributed by atoms with E-state index >= 15 is 0 Å². The Morgan fingerprint density at radius 3 is 2.75 bits per heavy atom. The van der Waals surface area contributed by atoms with Crippen molar-refractivity contribution < 1.29 is 18.7 Å². The van der Waals surface area contributed by atoms with Crippen LogP contribution in [0.1, 0.15) is 12.0 Å². The number of halogens is 2. The molecule has 1 aliphatic rings. The molecule has 0 spiro atoms. The number of carbonyl (C=O) groups excluding carboxylic acids is 1. The molecule has 0 unspecified atom stereocenters. The SMILES string of the molecule is O=C(NC[C@@H]1C[C@H](O)CN1Cc1ccccc1)C(F)F. The van der Waals surface area contributed by atoms with Gasteiger partial charge in [-0.2, -0.15) is 8.78 Å². The molecule has 2 atom stereocenters. The van der Waals surface area contributed by atoms with Crippen LogP contribution in [0.5, 0.6) is 0 Å². The predicted octanol–water partition coefficient (Wildman–Crippen LogP) is 1.00. The Hall–Kier alpha value is -1.53. The molecule has 1 fully saturated rings. The van der Waals surface area contributed by atoms with Crippen LogP contribution < -0.4 is 5.32 Å². The second-order valence-corrected chi connectivity index (χ2v) is 5.00. The van der Waals surface area contributed by atoms with Crippen molar-refractivity contribution in [3.05, 3.63) is 35.9 Å². The van der Waals surface area contributed by atoms with Gasteiger partial charge in [0.2, 0.25) is 0 Å². The van der Waals surface area contributed by atoms with Crippen LogP contribution in [0.3, 0.4) is 0 Å². The van der Waals surface area contributed by atoms with Crippen LogP contribution in [0.15, 0.2) is 30.3 Å². The summed E-state index contributed by atoms with van der Waals surface area (Å²) in [5, 5.41) is 11.9. The summed E-state index contributed by atoms with van der Waals surface area (Å²) in [5.41, 5.74) is 1.09. The molecular formula is C14H18F2N2O2. The number of hydrogen-bond acceptors (Lipinski definition) is 3. The summed E-state index contributed by atoms with van der Waals surface area (Å²) >= 11 is 0. The lowest BCUT2D eigenvalue weighted by molar-refractivity contribution is -0.131. The van der Waals surface area contributed by atoms with E-state index in [4.69, 9.17) is 0 Å². The van der Waals surface area contributed by atoms with Gasteiger partial charge in [0.1, 0.15) is 0 Å². The first-order valence-corrected chi connectivity index (χ1v) is 6.58. The third-order valence-electron chi connectivity index (χ3n) is 3.44. The van der Waals surface area contributed by atoms with Crippen molar-refractivity contribution >= 4 is 5.91 Å². The summed E-state index contributed by atoms with van der Waals surface area (Å²) in [7, 11) is 0. The van der Waals surface area contributed by atoms with E-state index in [-0.39, 0.29) is 12.6 Å². The fraction of sp³-hybridized carbons (Fsp3) is 0.500. The zero-order valence-electron chi connectivity index (χ0n) is 11.0. The first-order chi connectivity index (χ1) is 9.56. The molecule has 1 heterocycles. The molecule has 6 heteroatoms. The van der Waals surface area contributed by atoms with E-state index in [0.29, 0.717) is 19.5 Å². The number of likely N-dealkylation sites (tertiary alicyclic amines) is 1. The molecule has 1 aromatic rings. The maximum absolute atomic E-state index is 12.1. The van der Waals surface area contributed by atoms with Crippen molar-refractivity contribution in [2.45, 2.75) is 31.5 Å². The molecule has 0 bridgehead atoms. The van der Waals surface area contributed by atoms with Gasteiger partial charge in [-0.15, -0.1) is 0 Å². The smallest absolute Gasteiger partial charge is 0.315 e. The van der Waals surface area contributed by atoms with Crippen LogP contribution in [0.25, 0.3) is 0 Å². The molecule has 0 aromatic heterocycles. The number of alkyl halides is 2. The molecule has 1 aliphatic heterocycles.